The number of aromatic carboxylic acids is 1. The van der Waals surface area contributed by atoms with Gasteiger partial charge < -0.3 is 5.11 Å². The van der Waals surface area contributed by atoms with Crippen molar-refractivity contribution in [3.8, 4) is 11.1 Å². The average Bonchev–Trinajstić information content (AvgIpc) is 2.97. The largest absolute Gasteiger partial charge is 0.478 e. The summed E-state index contributed by atoms with van der Waals surface area (Å²) in [6.45, 7) is 7.47. The predicted molar refractivity (Wildman–Crippen MR) is 111 cm³/mol. The second kappa shape index (κ2) is 8.30. The van der Waals surface area contributed by atoms with E-state index in [1.165, 1.54) is 0 Å². The van der Waals surface area contributed by atoms with E-state index in [-0.39, 0.29) is 11.3 Å². The third kappa shape index (κ3) is 4.09. The van der Waals surface area contributed by atoms with Gasteiger partial charge in [-0.3, -0.25) is 9.13 Å². The van der Waals surface area contributed by atoms with E-state index < -0.39 is 5.97 Å². The Morgan fingerprint density at radius 2 is 1.75 bits per heavy atom. The van der Waals surface area contributed by atoms with Crippen LogP contribution in [0, 0.1) is 5.92 Å². The molecule has 1 N–H and O–H groups in total. The Balaban J connectivity index is 1.89. The van der Waals surface area contributed by atoms with Gasteiger partial charge in [0.2, 0.25) is 0 Å². The van der Waals surface area contributed by atoms with Crippen molar-refractivity contribution >= 4 is 5.97 Å². The van der Waals surface area contributed by atoms with Crippen LogP contribution in [0.2, 0.25) is 0 Å². The lowest BCUT2D eigenvalue weighted by Crippen LogP contribution is -2.26. The third-order valence-corrected chi connectivity index (χ3v) is 4.82. The van der Waals surface area contributed by atoms with Gasteiger partial charge in [0, 0.05) is 18.4 Å². The number of benzene rings is 2. The fraction of sp³-hybridized carbons (Fsp3) is 0.304. The SMILES string of the molecule is CCc1cn(CC(C)C)c(=O)n1Cc1ccc(-c2ccccc2C(=O)O)cc1. The van der Waals surface area contributed by atoms with Crippen LogP contribution in [-0.4, -0.2) is 20.2 Å². The van der Waals surface area contributed by atoms with Crippen molar-refractivity contribution in [3.05, 3.63) is 82.0 Å². The molecule has 0 spiro atoms. The minimum atomic E-state index is -0.940. The molecule has 2 aromatic carbocycles. The van der Waals surface area contributed by atoms with E-state index in [0.29, 0.717) is 24.6 Å². The molecule has 5 heteroatoms. The summed E-state index contributed by atoms with van der Waals surface area (Å²) in [5, 5.41) is 9.39. The van der Waals surface area contributed by atoms with E-state index in [4.69, 9.17) is 0 Å². The summed E-state index contributed by atoms with van der Waals surface area (Å²) in [5.41, 5.74) is 3.87. The van der Waals surface area contributed by atoms with Gasteiger partial charge in [0.25, 0.3) is 0 Å². The van der Waals surface area contributed by atoms with Gasteiger partial charge in [-0.2, -0.15) is 0 Å². The number of aromatic nitrogens is 2. The highest BCUT2D eigenvalue weighted by atomic mass is 16.4. The molecule has 3 rings (SSSR count). The number of carboxylic acid groups (broad SMARTS) is 1. The molecule has 1 aromatic heterocycles. The van der Waals surface area contributed by atoms with Crippen LogP contribution < -0.4 is 5.69 Å². The summed E-state index contributed by atoms with van der Waals surface area (Å²) in [6.07, 6.45) is 2.75. The Bertz CT molecular complexity index is 1030. The van der Waals surface area contributed by atoms with Crippen LogP contribution in [-0.2, 0) is 19.5 Å². The molecule has 28 heavy (non-hydrogen) atoms. The van der Waals surface area contributed by atoms with Crippen molar-refractivity contribution in [3.63, 3.8) is 0 Å². The molecule has 0 bridgehead atoms. The zero-order chi connectivity index (χ0) is 20.3. The van der Waals surface area contributed by atoms with Crippen LogP contribution in [0.4, 0.5) is 0 Å². The van der Waals surface area contributed by atoms with Crippen molar-refractivity contribution in [2.75, 3.05) is 0 Å². The first-order valence-electron chi connectivity index (χ1n) is 9.61. The lowest BCUT2D eigenvalue weighted by Gasteiger charge is -2.09. The lowest BCUT2D eigenvalue weighted by molar-refractivity contribution is 0.0697. The topological polar surface area (TPSA) is 64.2 Å². The van der Waals surface area contributed by atoms with Gasteiger partial charge in [0.15, 0.2) is 0 Å². The fourth-order valence-corrected chi connectivity index (χ4v) is 3.45. The molecule has 0 radical (unpaired) electrons. The summed E-state index contributed by atoms with van der Waals surface area (Å²) in [6, 6.07) is 14.7. The van der Waals surface area contributed by atoms with E-state index in [9.17, 15) is 14.7 Å². The van der Waals surface area contributed by atoms with E-state index in [2.05, 4.69) is 20.8 Å². The molecule has 3 aromatic rings. The van der Waals surface area contributed by atoms with Crippen LogP contribution >= 0.6 is 0 Å². The number of aryl methyl sites for hydroxylation is 1. The number of hydrogen-bond donors (Lipinski definition) is 1. The van der Waals surface area contributed by atoms with E-state index in [1.807, 2.05) is 47.2 Å². The maximum atomic E-state index is 12.8. The Kier molecular flexibility index (Phi) is 5.83. The summed E-state index contributed by atoms with van der Waals surface area (Å²) >= 11 is 0. The van der Waals surface area contributed by atoms with E-state index in [0.717, 1.165) is 23.2 Å². The van der Waals surface area contributed by atoms with Gasteiger partial charge in [-0.1, -0.05) is 63.2 Å². The molecule has 0 unspecified atom stereocenters. The zero-order valence-electron chi connectivity index (χ0n) is 16.6. The van der Waals surface area contributed by atoms with E-state index >= 15 is 0 Å². The lowest BCUT2D eigenvalue weighted by atomic mass is 9.99. The first-order valence-corrected chi connectivity index (χ1v) is 9.61. The Labute approximate surface area is 164 Å². The van der Waals surface area contributed by atoms with Gasteiger partial charge in [-0.15, -0.1) is 0 Å². The molecule has 0 saturated carbocycles. The molecule has 0 saturated heterocycles. The normalized spacial score (nSPS) is 11.1. The van der Waals surface area contributed by atoms with Gasteiger partial charge in [-0.25, -0.2) is 9.59 Å². The number of rotatable bonds is 7. The first-order chi connectivity index (χ1) is 13.4. The number of hydrogen-bond acceptors (Lipinski definition) is 2. The van der Waals surface area contributed by atoms with Crippen molar-refractivity contribution in [1.82, 2.24) is 9.13 Å². The maximum absolute atomic E-state index is 12.8. The molecule has 0 aliphatic rings. The molecular weight excluding hydrogens is 352 g/mol. The molecule has 0 atom stereocenters. The third-order valence-electron chi connectivity index (χ3n) is 4.82. The summed E-state index contributed by atoms with van der Waals surface area (Å²) in [5.74, 6) is -0.530. The standard InChI is InChI=1S/C23H26N2O3/c1-4-19-15-24(13-16(2)3)23(28)25(19)14-17-9-11-18(12-10-17)20-7-5-6-8-21(20)22(26)27/h5-12,15-16H,4,13-14H2,1-3H3,(H,26,27). The van der Waals surface area contributed by atoms with Crippen LogP contribution in [0.3, 0.4) is 0 Å². The highest BCUT2D eigenvalue weighted by Gasteiger charge is 2.13. The molecule has 0 aliphatic heterocycles. The van der Waals surface area contributed by atoms with Gasteiger partial charge in [0.1, 0.15) is 0 Å². The van der Waals surface area contributed by atoms with Crippen LogP contribution in [0.15, 0.2) is 59.5 Å². The second-order valence-electron chi connectivity index (χ2n) is 7.44. The Morgan fingerprint density at radius 1 is 1.07 bits per heavy atom. The molecular formula is C23H26N2O3. The van der Waals surface area contributed by atoms with Crippen LogP contribution in [0.25, 0.3) is 11.1 Å². The Hall–Kier alpha value is -3.08. The summed E-state index contributed by atoms with van der Waals surface area (Å²) in [4.78, 5) is 24.2. The molecule has 5 nitrogen and oxygen atoms in total. The van der Waals surface area contributed by atoms with Crippen molar-refractivity contribution in [1.29, 1.82) is 0 Å². The smallest absolute Gasteiger partial charge is 0.336 e. The molecule has 1 heterocycles. The molecule has 0 aliphatic carbocycles. The van der Waals surface area contributed by atoms with E-state index in [1.54, 1.807) is 16.7 Å². The van der Waals surface area contributed by atoms with Gasteiger partial charge in [0.05, 0.1) is 12.1 Å². The van der Waals surface area contributed by atoms with Gasteiger partial charge in [-0.05, 0) is 35.1 Å². The number of nitrogens with zero attached hydrogens (tertiary/aromatic N) is 2. The Morgan fingerprint density at radius 3 is 2.36 bits per heavy atom. The van der Waals surface area contributed by atoms with Crippen molar-refractivity contribution in [2.24, 2.45) is 5.92 Å². The fourth-order valence-electron chi connectivity index (χ4n) is 3.45. The summed E-state index contributed by atoms with van der Waals surface area (Å²) < 4.78 is 3.61. The number of imidazole rings is 1. The minimum absolute atomic E-state index is 0.0193. The average molecular weight is 378 g/mol. The highest BCUT2D eigenvalue weighted by molar-refractivity contribution is 5.95. The molecule has 146 valence electrons. The first kappa shape index (κ1) is 19.7. The maximum Gasteiger partial charge on any atom is 0.336 e. The minimum Gasteiger partial charge on any atom is -0.478 e. The molecule has 0 amide bonds. The highest BCUT2D eigenvalue weighted by Crippen LogP contribution is 2.24. The number of carbonyl (C=O) groups is 1. The van der Waals surface area contributed by atoms with Crippen molar-refractivity contribution < 1.29 is 9.90 Å². The second-order valence-corrected chi connectivity index (χ2v) is 7.44. The van der Waals surface area contributed by atoms with Crippen LogP contribution in [0.1, 0.15) is 42.4 Å². The number of carboxylic acids is 1. The van der Waals surface area contributed by atoms with Crippen molar-refractivity contribution in [2.45, 2.75) is 40.3 Å². The predicted octanol–water partition coefficient (Wildman–Crippen LogP) is 4.28. The van der Waals surface area contributed by atoms with Gasteiger partial charge >= 0.3 is 11.7 Å². The summed E-state index contributed by atoms with van der Waals surface area (Å²) in [7, 11) is 0. The monoisotopic (exact) mass is 378 g/mol. The quantitative estimate of drug-likeness (QED) is 0.667. The molecule has 0 fully saturated rings. The zero-order valence-corrected chi connectivity index (χ0v) is 16.6. The van der Waals surface area contributed by atoms with Crippen LogP contribution in [0.5, 0.6) is 0 Å².